The van der Waals surface area contributed by atoms with Gasteiger partial charge in [-0.1, -0.05) is 6.92 Å². The van der Waals surface area contributed by atoms with Gasteiger partial charge in [-0.2, -0.15) is 0 Å². The summed E-state index contributed by atoms with van der Waals surface area (Å²) >= 11 is 1.38. The van der Waals surface area contributed by atoms with Crippen LogP contribution in [0.15, 0.2) is 29.6 Å². The minimum Gasteiger partial charge on any atom is -0.494 e. The number of rotatable bonds is 6. The van der Waals surface area contributed by atoms with Crippen LogP contribution in [-0.4, -0.2) is 46.1 Å². The molecule has 2 heterocycles. The van der Waals surface area contributed by atoms with Crippen molar-refractivity contribution in [1.29, 1.82) is 0 Å². The van der Waals surface area contributed by atoms with Gasteiger partial charge in [-0.15, -0.1) is 11.3 Å². The number of aromatic nitrogens is 1. The summed E-state index contributed by atoms with van der Waals surface area (Å²) in [7, 11) is 0. The second-order valence-electron chi connectivity index (χ2n) is 6.26. The quantitative estimate of drug-likeness (QED) is 0.834. The van der Waals surface area contributed by atoms with Crippen LogP contribution in [-0.2, 0) is 4.79 Å². The van der Waals surface area contributed by atoms with E-state index in [-0.39, 0.29) is 5.91 Å². The number of ether oxygens (including phenoxy) is 1. The van der Waals surface area contributed by atoms with Crippen molar-refractivity contribution in [3.63, 3.8) is 0 Å². The second kappa shape index (κ2) is 8.31. The van der Waals surface area contributed by atoms with Crippen LogP contribution in [0.2, 0.25) is 0 Å². The van der Waals surface area contributed by atoms with Crippen molar-refractivity contribution >= 4 is 23.2 Å². The smallest absolute Gasteiger partial charge is 0.326 e. The van der Waals surface area contributed by atoms with Crippen LogP contribution in [0, 0.1) is 0 Å². The molecule has 138 valence electrons. The summed E-state index contributed by atoms with van der Waals surface area (Å²) in [6.45, 7) is 3.20. The van der Waals surface area contributed by atoms with E-state index < -0.39 is 12.0 Å². The predicted octanol–water partition coefficient (Wildman–Crippen LogP) is 3.68. The van der Waals surface area contributed by atoms with E-state index >= 15 is 0 Å². The molecule has 1 aliphatic heterocycles. The molecular formula is C19H22N2O4S. The molecular weight excluding hydrogens is 352 g/mol. The number of benzene rings is 1. The highest BCUT2D eigenvalue weighted by molar-refractivity contribution is 7.13. The summed E-state index contributed by atoms with van der Waals surface area (Å²) in [5.74, 6) is -0.445. The fourth-order valence-corrected chi connectivity index (χ4v) is 3.80. The summed E-state index contributed by atoms with van der Waals surface area (Å²) in [4.78, 5) is 30.0. The number of carboxylic acid groups (broad SMARTS) is 1. The zero-order valence-corrected chi connectivity index (χ0v) is 15.5. The van der Waals surface area contributed by atoms with E-state index in [1.807, 2.05) is 24.3 Å². The Balaban J connectivity index is 1.74. The zero-order chi connectivity index (χ0) is 18.5. The van der Waals surface area contributed by atoms with Crippen molar-refractivity contribution in [2.75, 3.05) is 13.2 Å². The van der Waals surface area contributed by atoms with E-state index in [1.165, 1.54) is 16.2 Å². The van der Waals surface area contributed by atoms with E-state index in [4.69, 9.17) is 4.74 Å². The lowest BCUT2D eigenvalue weighted by atomic mass is 10.0. The molecule has 1 saturated heterocycles. The molecule has 6 nitrogen and oxygen atoms in total. The highest BCUT2D eigenvalue weighted by Crippen LogP contribution is 2.27. The summed E-state index contributed by atoms with van der Waals surface area (Å²) in [6.07, 6.45) is 3.10. The van der Waals surface area contributed by atoms with Gasteiger partial charge in [0.05, 0.1) is 6.61 Å². The number of nitrogens with zero attached hydrogens (tertiary/aromatic N) is 2. The van der Waals surface area contributed by atoms with Crippen LogP contribution in [0.5, 0.6) is 5.75 Å². The maximum Gasteiger partial charge on any atom is 0.326 e. The van der Waals surface area contributed by atoms with Crippen LogP contribution in [0.3, 0.4) is 0 Å². The molecule has 1 atom stereocenters. The number of amides is 1. The first kappa shape index (κ1) is 18.4. The van der Waals surface area contributed by atoms with Gasteiger partial charge in [0, 0.05) is 17.5 Å². The van der Waals surface area contributed by atoms with Crippen molar-refractivity contribution in [2.45, 2.75) is 38.6 Å². The Morgan fingerprint density at radius 3 is 2.77 bits per heavy atom. The van der Waals surface area contributed by atoms with Crippen LogP contribution >= 0.6 is 11.3 Å². The summed E-state index contributed by atoms with van der Waals surface area (Å²) in [5, 5.41) is 11.8. The van der Waals surface area contributed by atoms with Crippen LogP contribution in [0.25, 0.3) is 10.6 Å². The minimum atomic E-state index is -0.948. The number of piperidine rings is 1. The molecule has 1 fully saturated rings. The minimum absolute atomic E-state index is 0.303. The van der Waals surface area contributed by atoms with E-state index in [1.54, 1.807) is 5.38 Å². The summed E-state index contributed by atoms with van der Waals surface area (Å²) in [5.41, 5.74) is 1.22. The first-order valence-electron chi connectivity index (χ1n) is 8.82. The molecule has 26 heavy (non-hydrogen) atoms. The molecule has 1 N–H and O–H groups in total. The van der Waals surface area contributed by atoms with Gasteiger partial charge in [0.2, 0.25) is 0 Å². The number of aliphatic carboxylic acids is 1. The SMILES string of the molecule is CCCOc1ccc(-c2nc(C(=O)N3CCCCC3C(=O)O)cs2)cc1. The number of hydrogen-bond donors (Lipinski definition) is 1. The fraction of sp³-hybridized carbons (Fsp3) is 0.421. The average molecular weight is 374 g/mol. The Morgan fingerprint density at radius 2 is 2.08 bits per heavy atom. The van der Waals surface area contributed by atoms with Gasteiger partial charge in [-0.25, -0.2) is 9.78 Å². The van der Waals surface area contributed by atoms with Crippen LogP contribution in [0.4, 0.5) is 0 Å². The number of thiazole rings is 1. The molecule has 0 radical (unpaired) electrons. The van der Waals surface area contributed by atoms with Crippen molar-refractivity contribution in [3.8, 4) is 16.3 Å². The van der Waals surface area contributed by atoms with Crippen molar-refractivity contribution in [3.05, 3.63) is 35.3 Å². The van der Waals surface area contributed by atoms with Crippen LogP contribution < -0.4 is 4.74 Å². The highest BCUT2D eigenvalue weighted by Gasteiger charge is 2.33. The number of carbonyl (C=O) groups excluding carboxylic acids is 1. The Bertz CT molecular complexity index is 772. The Labute approximate surface area is 156 Å². The van der Waals surface area contributed by atoms with Crippen LogP contribution in [0.1, 0.15) is 43.1 Å². The molecule has 7 heteroatoms. The van der Waals surface area contributed by atoms with Gasteiger partial charge in [-0.3, -0.25) is 4.79 Å². The van der Waals surface area contributed by atoms with Gasteiger partial charge < -0.3 is 14.7 Å². The Morgan fingerprint density at radius 1 is 1.31 bits per heavy atom. The van der Waals surface area contributed by atoms with E-state index in [2.05, 4.69) is 11.9 Å². The molecule has 0 bridgehead atoms. The molecule has 1 unspecified atom stereocenters. The molecule has 3 rings (SSSR count). The number of hydrogen-bond acceptors (Lipinski definition) is 5. The lowest BCUT2D eigenvalue weighted by Gasteiger charge is -2.32. The summed E-state index contributed by atoms with van der Waals surface area (Å²) < 4.78 is 5.57. The van der Waals surface area contributed by atoms with Crippen molar-refractivity contribution < 1.29 is 19.4 Å². The largest absolute Gasteiger partial charge is 0.494 e. The number of carbonyl (C=O) groups is 2. The van der Waals surface area contributed by atoms with Gasteiger partial charge >= 0.3 is 5.97 Å². The standard InChI is InChI=1S/C19H22N2O4S/c1-2-11-25-14-8-6-13(7-9-14)17-20-15(12-26-17)18(22)21-10-4-3-5-16(21)19(23)24/h6-9,12,16H,2-5,10-11H2,1H3,(H,23,24). The van der Waals surface area contributed by atoms with E-state index in [0.29, 0.717) is 25.3 Å². The molecule has 0 saturated carbocycles. The molecule has 0 spiro atoms. The predicted molar refractivity (Wildman–Crippen MR) is 99.6 cm³/mol. The maximum atomic E-state index is 12.7. The Hall–Kier alpha value is -2.41. The third-order valence-corrected chi connectivity index (χ3v) is 5.24. The topological polar surface area (TPSA) is 79.7 Å². The molecule has 1 aromatic heterocycles. The zero-order valence-electron chi connectivity index (χ0n) is 14.7. The molecule has 0 aliphatic carbocycles. The van der Waals surface area contributed by atoms with E-state index in [9.17, 15) is 14.7 Å². The first-order valence-corrected chi connectivity index (χ1v) is 9.70. The number of likely N-dealkylation sites (tertiary alicyclic amines) is 1. The third-order valence-electron chi connectivity index (χ3n) is 4.35. The lowest BCUT2D eigenvalue weighted by molar-refractivity contribution is -0.143. The van der Waals surface area contributed by atoms with Gasteiger partial charge in [0.1, 0.15) is 22.5 Å². The van der Waals surface area contributed by atoms with Crippen molar-refractivity contribution in [2.24, 2.45) is 0 Å². The average Bonchev–Trinajstić information content (AvgIpc) is 3.16. The van der Waals surface area contributed by atoms with Gasteiger partial charge in [-0.05, 0) is 49.9 Å². The normalized spacial score (nSPS) is 17.1. The Kier molecular flexibility index (Phi) is 5.88. The lowest BCUT2D eigenvalue weighted by Crippen LogP contribution is -2.48. The van der Waals surface area contributed by atoms with E-state index in [0.717, 1.165) is 35.6 Å². The maximum absolute atomic E-state index is 12.7. The van der Waals surface area contributed by atoms with Crippen molar-refractivity contribution in [1.82, 2.24) is 9.88 Å². The monoisotopic (exact) mass is 374 g/mol. The molecule has 2 aromatic rings. The third kappa shape index (κ3) is 4.04. The molecule has 1 aromatic carbocycles. The van der Waals surface area contributed by atoms with Gasteiger partial charge in [0.25, 0.3) is 5.91 Å². The number of carboxylic acids is 1. The second-order valence-corrected chi connectivity index (χ2v) is 7.12. The highest BCUT2D eigenvalue weighted by atomic mass is 32.1. The van der Waals surface area contributed by atoms with Gasteiger partial charge in [0.15, 0.2) is 0 Å². The first-order chi connectivity index (χ1) is 12.6. The molecule has 1 amide bonds. The fourth-order valence-electron chi connectivity index (χ4n) is 3.00. The molecule has 1 aliphatic rings. The summed E-state index contributed by atoms with van der Waals surface area (Å²) in [6, 6.07) is 6.85.